The Balaban J connectivity index is 1.39. The molecule has 0 aromatic carbocycles. The molecule has 23 heavy (non-hydrogen) atoms. The minimum absolute atomic E-state index is 0.441. The fraction of sp³-hybridized carbons (Fsp3) is 0.588. The zero-order valence-electron chi connectivity index (χ0n) is 13.7. The molecule has 6 nitrogen and oxygen atoms in total. The first-order chi connectivity index (χ1) is 11.2. The van der Waals surface area contributed by atoms with Crippen LogP contribution in [-0.2, 0) is 6.54 Å². The molecular formula is C17H23N5O. The number of likely N-dealkylation sites (tertiary alicyclic amines) is 1. The van der Waals surface area contributed by atoms with Crippen LogP contribution in [0.5, 0.6) is 0 Å². The molecule has 0 amide bonds. The molecule has 0 bridgehead atoms. The second-order valence-corrected chi connectivity index (χ2v) is 7.05. The molecule has 2 saturated heterocycles. The van der Waals surface area contributed by atoms with Gasteiger partial charge < -0.3 is 9.42 Å². The summed E-state index contributed by atoms with van der Waals surface area (Å²) in [6.45, 7) is 9.66. The highest BCUT2D eigenvalue weighted by molar-refractivity contribution is 5.41. The van der Waals surface area contributed by atoms with Crippen molar-refractivity contribution >= 4 is 5.82 Å². The fourth-order valence-electron chi connectivity index (χ4n) is 3.80. The van der Waals surface area contributed by atoms with Crippen molar-refractivity contribution in [3.05, 3.63) is 36.1 Å². The second-order valence-electron chi connectivity index (χ2n) is 7.05. The van der Waals surface area contributed by atoms with E-state index in [1.807, 2.05) is 6.07 Å². The summed E-state index contributed by atoms with van der Waals surface area (Å²) in [4.78, 5) is 13.8. The average molecular weight is 313 g/mol. The van der Waals surface area contributed by atoms with Crippen LogP contribution in [0.3, 0.4) is 0 Å². The monoisotopic (exact) mass is 313 g/mol. The van der Waals surface area contributed by atoms with Gasteiger partial charge in [-0.3, -0.25) is 4.90 Å². The quantitative estimate of drug-likeness (QED) is 0.862. The van der Waals surface area contributed by atoms with Crippen LogP contribution in [0.15, 0.2) is 29.2 Å². The van der Waals surface area contributed by atoms with Crippen LogP contribution in [0.2, 0.25) is 0 Å². The number of hydrogen-bond donors (Lipinski definition) is 0. The molecule has 0 spiro atoms. The smallest absolute Gasteiger partial charge is 0.150 e. The lowest BCUT2D eigenvalue weighted by Crippen LogP contribution is -2.29. The molecule has 2 aromatic heterocycles. The third-order valence-electron chi connectivity index (χ3n) is 5.02. The van der Waals surface area contributed by atoms with Gasteiger partial charge in [0.25, 0.3) is 0 Å². The highest BCUT2D eigenvalue weighted by Gasteiger charge is 2.40. The van der Waals surface area contributed by atoms with Crippen molar-refractivity contribution in [1.29, 1.82) is 0 Å². The molecule has 6 heteroatoms. The van der Waals surface area contributed by atoms with Gasteiger partial charge in [0.1, 0.15) is 12.1 Å². The lowest BCUT2D eigenvalue weighted by Gasteiger charge is -2.22. The molecule has 2 aliphatic heterocycles. The predicted molar refractivity (Wildman–Crippen MR) is 87.1 cm³/mol. The van der Waals surface area contributed by atoms with Crippen LogP contribution < -0.4 is 4.90 Å². The molecule has 2 unspecified atom stereocenters. The average Bonchev–Trinajstić information content (AvgIpc) is 3.24. The van der Waals surface area contributed by atoms with Crippen LogP contribution in [-0.4, -0.2) is 46.2 Å². The van der Waals surface area contributed by atoms with E-state index >= 15 is 0 Å². The van der Waals surface area contributed by atoms with Gasteiger partial charge in [0, 0.05) is 44.0 Å². The van der Waals surface area contributed by atoms with Crippen molar-refractivity contribution in [1.82, 2.24) is 20.0 Å². The topological polar surface area (TPSA) is 58.3 Å². The minimum atomic E-state index is 0.441. The van der Waals surface area contributed by atoms with Crippen LogP contribution >= 0.6 is 0 Å². The lowest BCUT2D eigenvalue weighted by molar-refractivity contribution is 0.261. The number of anilines is 1. The number of hydrogen-bond acceptors (Lipinski definition) is 6. The Kier molecular flexibility index (Phi) is 3.77. The molecular weight excluding hydrogens is 290 g/mol. The zero-order chi connectivity index (χ0) is 15.8. The lowest BCUT2D eigenvalue weighted by atomic mass is 10.0. The number of fused-ring (bicyclic) bond motifs is 1. The maximum absolute atomic E-state index is 5.22. The summed E-state index contributed by atoms with van der Waals surface area (Å²) in [6, 6.07) is 4.10. The Morgan fingerprint density at radius 1 is 1.17 bits per heavy atom. The summed E-state index contributed by atoms with van der Waals surface area (Å²) in [5.74, 6) is 3.92. The summed E-state index contributed by atoms with van der Waals surface area (Å²) < 4.78 is 5.22. The van der Waals surface area contributed by atoms with Gasteiger partial charge in [-0.25, -0.2) is 9.97 Å². The van der Waals surface area contributed by atoms with Crippen molar-refractivity contribution in [2.75, 3.05) is 31.1 Å². The van der Waals surface area contributed by atoms with E-state index < -0.39 is 0 Å². The number of aromatic nitrogens is 3. The normalized spacial score (nSPS) is 24.6. The zero-order valence-corrected chi connectivity index (χ0v) is 13.7. The summed E-state index contributed by atoms with van der Waals surface area (Å²) in [6.07, 6.45) is 3.42. The first-order valence-electron chi connectivity index (χ1n) is 8.38. The molecule has 4 heterocycles. The van der Waals surface area contributed by atoms with Crippen molar-refractivity contribution in [3.8, 4) is 0 Å². The summed E-state index contributed by atoms with van der Waals surface area (Å²) in [5, 5.41) is 3.79. The van der Waals surface area contributed by atoms with E-state index in [1.165, 1.54) is 0 Å². The standard InChI is InChI=1S/C17H23N5O/c1-12(2)16-5-17(19-11-18-16)22-8-13-6-21(7-14(13)9-22)10-15-3-4-20-23-15/h3-5,11-14H,6-10H2,1-2H3. The highest BCUT2D eigenvalue weighted by Crippen LogP contribution is 2.34. The first kappa shape index (κ1) is 14.6. The molecule has 0 N–H and O–H groups in total. The SMILES string of the molecule is CC(C)c1cc(N2CC3CN(Cc4ccno4)CC3C2)ncn1. The van der Waals surface area contributed by atoms with Gasteiger partial charge in [0.15, 0.2) is 5.76 Å². The van der Waals surface area contributed by atoms with Gasteiger partial charge in [-0.1, -0.05) is 19.0 Å². The van der Waals surface area contributed by atoms with Crippen molar-refractivity contribution in [2.45, 2.75) is 26.3 Å². The van der Waals surface area contributed by atoms with Crippen LogP contribution in [0.4, 0.5) is 5.82 Å². The third kappa shape index (κ3) is 2.95. The number of nitrogens with zero attached hydrogens (tertiary/aromatic N) is 5. The van der Waals surface area contributed by atoms with E-state index in [0.29, 0.717) is 5.92 Å². The Morgan fingerprint density at radius 3 is 2.61 bits per heavy atom. The Labute approximate surface area is 136 Å². The van der Waals surface area contributed by atoms with Gasteiger partial charge in [-0.2, -0.15) is 0 Å². The Bertz CT molecular complexity index is 643. The summed E-state index contributed by atoms with van der Waals surface area (Å²) in [7, 11) is 0. The Hall–Kier alpha value is -1.95. The van der Waals surface area contributed by atoms with Crippen molar-refractivity contribution in [3.63, 3.8) is 0 Å². The summed E-state index contributed by atoms with van der Waals surface area (Å²) >= 11 is 0. The number of rotatable bonds is 4. The van der Waals surface area contributed by atoms with Gasteiger partial charge in [-0.15, -0.1) is 0 Å². The van der Waals surface area contributed by atoms with Crippen LogP contribution in [0.25, 0.3) is 0 Å². The van der Waals surface area contributed by atoms with E-state index in [2.05, 4.69) is 44.8 Å². The minimum Gasteiger partial charge on any atom is -0.360 e. The molecule has 0 radical (unpaired) electrons. The molecule has 2 aromatic rings. The van der Waals surface area contributed by atoms with E-state index in [4.69, 9.17) is 4.52 Å². The van der Waals surface area contributed by atoms with E-state index in [-0.39, 0.29) is 0 Å². The van der Waals surface area contributed by atoms with Crippen LogP contribution in [0, 0.1) is 11.8 Å². The van der Waals surface area contributed by atoms with Crippen molar-refractivity contribution in [2.24, 2.45) is 11.8 Å². The van der Waals surface area contributed by atoms with Crippen LogP contribution in [0.1, 0.15) is 31.2 Å². The molecule has 0 saturated carbocycles. The predicted octanol–water partition coefficient (Wildman–Crippen LogP) is 2.16. The molecule has 2 atom stereocenters. The molecule has 4 rings (SSSR count). The summed E-state index contributed by atoms with van der Waals surface area (Å²) in [5.41, 5.74) is 1.12. The van der Waals surface area contributed by atoms with E-state index in [9.17, 15) is 0 Å². The maximum Gasteiger partial charge on any atom is 0.150 e. The second kappa shape index (κ2) is 5.92. The third-order valence-corrected chi connectivity index (χ3v) is 5.02. The van der Waals surface area contributed by atoms with Crippen molar-refractivity contribution < 1.29 is 4.52 Å². The van der Waals surface area contributed by atoms with Gasteiger partial charge in [-0.05, 0) is 17.8 Å². The molecule has 122 valence electrons. The largest absolute Gasteiger partial charge is 0.360 e. The van der Waals surface area contributed by atoms with Gasteiger partial charge in [0.2, 0.25) is 0 Å². The van der Waals surface area contributed by atoms with Gasteiger partial charge in [0.05, 0.1) is 12.7 Å². The maximum atomic E-state index is 5.22. The highest BCUT2D eigenvalue weighted by atomic mass is 16.5. The molecule has 2 fully saturated rings. The van der Waals surface area contributed by atoms with Gasteiger partial charge >= 0.3 is 0 Å². The first-order valence-corrected chi connectivity index (χ1v) is 8.38. The molecule has 2 aliphatic rings. The van der Waals surface area contributed by atoms with E-state index in [0.717, 1.165) is 61.8 Å². The Morgan fingerprint density at radius 2 is 1.96 bits per heavy atom. The fourth-order valence-corrected chi connectivity index (χ4v) is 3.80. The van der Waals surface area contributed by atoms with E-state index in [1.54, 1.807) is 12.5 Å². The molecule has 0 aliphatic carbocycles.